The summed E-state index contributed by atoms with van der Waals surface area (Å²) in [5, 5.41) is 2.37. The van der Waals surface area contributed by atoms with Gasteiger partial charge in [0.15, 0.2) is 0 Å². The summed E-state index contributed by atoms with van der Waals surface area (Å²) in [6.07, 6.45) is 1.56. The molecule has 0 saturated carbocycles. The second kappa shape index (κ2) is 25.0. The zero-order valence-electron chi connectivity index (χ0n) is 10.9. The van der Waals surface area contributed by atoms with Crippen LogP contribution >= 0.6 is 0 Å². The summed E-state index contributed by atoms with van der Waals surface area (Å²) in [6, 6.07) is 0. The van der Waals surface area contributed by atoms with Crippen LogP contribution in [0.15, 0.2) is 0 Å². The number of hydrogen-bond donors (Lipinski definition) is 1. The molecule has 0 aromatic rings. The number of hydrogen-bond acceptors (Lipinski definition) is 4. The molecule has 0 saturated heterocycles. The summed E-state index contributed by atoms with van der Waals surface area (Å²) in [6.45, 7) is 7.24. The van der Waals surface area contributed by atoms with Crippen LogP contribution in [0.25, 0.3) is 0 Å². The summed E-state index contributed by atoms with van der Waals surface area (Å²) < 4.78 is 15.0. The van der Waals surface area contributed by atoms with Crippen molar-refractivity contribution in [3.63, 3.8) is 0 Å². The third-order valence-corrected chi connectivity index (χ3v) is 1.25. The van der Waals surface area contributed by atoms with Gasteiger partial charge in [0, 0.05) is 13.7 Å². The van der Waals surface area contributed by atoms with Crippen molar-refractivity contribution >= 4 is 6.41 Å². The molecular formula is C10H22KNO4. The fourth-order valence-electron chi connectivity index (χ4n) is 0.638. The second-order valence-corrected chi connectivity index (χ2v) is 2.25. The molecular weight excluding hydrogens is 237 g/mol. The third kappa shape index (κ3) is 24.3. The maximum absolute atomic E-state index is 9.68. The van der Waals surface area contributed by atoms with E-state index in [9.17, 15) is 4.79 Å². The predicted octanol–water partition coefficient (Wildman–Crippen LogP) is -2.65. The number of ether oxygens (including phenoxy) is 3. The van der Waals surface area contributed by atoms with Crippen molar-refractivity contribution in [1.29, 1.82) is 0 Å². The van der Waals surface area contributed by atoms with E-state index < -0.39 is 0 Å². The zero-order chi connectivity index (χ0) is 11.8. The molecule has 0 fully saturated rings. The maximum atomic E-state index is 9.68. The van der Waals surface area contributed by atoms with Crippen molar-refractivity contribution in [2.75, 3.05) is 46.7 Å². The fraction of sp³-hybridized carbons (Fsp3) is 0.900. The average Bonchev–Trinajstić information content (AvgIpc) is 2.30. The molecule has 0 aromatic carbocycles. The largest absolute Gasteiger partial charge is 1.00 e. The summed E-state index contributed by atoms with van der Waals surface area (Å²) in [5.74, 6) is 0. The molecule has 16 heavy (non-hydrogen) atoms. The normalized spacial score (nSPS) is 8.44. The first kappa shape index (κ1) is 22.2. The Balaban J connectivity index is -0.000000529. The van der Waals surface area contributed by atoms with Crippen LogP contribution in [0.4, 0.5) is 0 Å². The second-order valence-electron chi connectivity index (χ2n) is 2.25. The Morgan fingerprint density at radius 1 is 1.00 bits per heavy atom. The minimum atomic E-state index is 0. The Morgan fingerprint density at radius 3 is 2.00 bits per heavy atom. The van der Waals surface area contributed by atoms with E-state index in [1.165, 1.54) is 0 Å². The molecule has 0 radical (unpaired) electrons. The summed E-state index contributed by atoms with van der Waals surface area (Å²) in [7, 11) is 1.63. The Kier molecular flexibility index (Phi) is 34.7. The van der Waals surface area contributed by atoms with Crippen LogP contribution in [0, 0.1) is 0 Å². The number of rotatable bonds is 10. The Bertz CT molecular complexity index is 117. The molecule has 0 bridgehead atoms. The van der Waals surface area contributed by atoms with Gasteiger partial charge in [-0.15, -0.1) is 0 Å². The minimum absolute atomic E-state index is 0. The smallest absolute Gasteiger partial charge is 0.528 e. The molecule has 0 aliphatic carbocycles. The van der Waals surface area contributed by atoms with Crippen LogP contribution in [-0.2, 0) is 19.0 Å². The monoisotopic (exact) mass is 259 g/mol. The van der Waals surface area contributed by atoms with E-state index >= 15 is 0 Å². The van der Waals surface area contributed by atoms with Crippen LogP contribution in [0.3, 0.4) is 0 Å². The first-order valence-corrected chi connectivity index (χ1v) is 5.16. The van der Waals surface area contributed by atoms with Gasteiger partial charge in [-0.05, 0) is 0 Å². The molecule has 6 heteroatoms. The van der Waals surface area contributed by atoms with E-state index in [-0.39, 0.29) is 51.4 Å². The molecule has 0 aliphatic heterocycles. The fourth-order valence-corrected chi connectivity index (χ4v) is 0.638. The van der Waals surface area contributed by atoms with Gasteiger partial charge in [-0.3, -0.25) is 0 Å². The molecule has 0 atom stereocenters. The molecule has 5 nitrogen and oxygen atoms in total. The molecule has 92 valence electrons. The molecule has 0 rings (SSSR count). The van der Waals surface area contributed by atoms with Crippen LogP contribution in [0.1, 0.15) is 13.8 Å². The van der Waals surface area contributed by atoms with Gasteiger partial charge in [0.2, 0.25) is 0 Å². The number of methoxy groups -OCH3 is 1. The van der Waals surface area contributed by atoms with Crippen LogP contribution in [-0.4, -0.2) is 53.1 Å². The van der Waals surface area contributed by atoms with Crippen LogP contribution < -0.4 is 56.7 Å². The van der Waals surface area contributed by atoms with E-state index in [1.54, 1.807) is 13.5 Å². The van der Waals surface area contributed by atoms with Crippen LogP contribution in [0.5, 0.6) is 0 Å². The molecule has 0 unspecified atom stereocenters. The van der Waals surface area contributed by atoms with Gasteiger partial charge in [0.1, 0.15) is 0 Å². The summed E-state index contributed by atoms with van der Waals surface area (Å²) >= 11 is 0. The Hall–Kier alpha value is 0.986. The first-order valence-electron chi connectivity index (χ1n) is 5.16. The number of nitrogens with one attached hydrogen (secondary N) is 1. The van der Waals surface area contributed by atoms with Gasteiger partial charge < -0.3 is 24.3 Å². The molecule has 0 aliphatic rings. The number of carbonyl (C=O) groups excluding carboxylic acids is 1. The van der Waals surface area contributed by atoms with Gasteiger partial charge in [-0.1, -0.05) is 13.8 Å². The Morgan fingerprint density at radius 2 is 1.50 bits per heavy atom. The standard InChI is InChI=1S/C8H16NO4.C2H6.K/c1-11-4-5-13-7-6-12-3-2-9-8-10;1-2;/h2-7H2,1H3,(H,9,10);1-2H3;/q-1;;+1. The SMILES string of the molecule is CC.COCCOCCOCCN[C-]=O.[K+]. The van der Waals surface area contributed by atoms with Gasteiger partial charge in [0.05, 0.1) is 33.0 Å². The van der Waals surface area contributed by atoms with Gasteiger partial charge in [-0.2, -0.15) is 6.41 Å². The maximum Gasteiger partial charge on any atom is 1.00 e. The van der Waals surface area contributed by atoms with Crippen molar-refractivity contribution in [2.24, 2.45) is 0 Å². The van der Waals surface area contributed by atoms with E-state index in [4.69, 9.17) is 14.2 Å². The topological polar surface area (TPSA) is 56.8 Å². The number of amides is 1. The van der Waals surface area contributed by atoms with Crippen molar-refractivity contribution in [1.82, 2.24) is 5.32 Å². The molecule has 0 spiro atoms. The first-order chi connectivity index (χ1) is 7.41. The van der Waals surface area contributed by atoms with Gasteiger partial charge >= 0.3 is 51.4 Å². The predicted molar refractivity (Wildman–Crippen MR) is 58.6 cm³/mol. The van der Waals surface area contributed by atoms with Gasteiger partial charge in [-0.25, -0.2) is 0 Å². The van der Waals surface area contributed by atoms with E-state index in [2.05, 4.69) is 5.32 Å². The van der Waals surface area contributed by atoms with Crippen molar-refractivity contribution in [3.05, 3.63) is 0 Å². The van der Waals surface area contributed by atoms with Crippen molar-refractivity contribution in [3.8, 4) is 0 Å². The molecule has 1 N–H and O–H groups in total. The Labute approximate surface area is 141 Å². The third-order valence-electron chi connectivity index (χ3n) is 1.25. The van der Waals surface area contributed by atoms with E-state index in [0.29, 0.717) is 39.6 Å². The zero-order valence-corrected chi connectivity index (χ0v) is 14.0. The van der Waals surface area contributed by atoms with Crippen molar-refractivity contribution in [2.45, 2.75) is 13.8 Å². The van der Waals surface area contributed by atoms with E-state index in [1.807, 2.05) is 13.8 Å². The van der Waals surface area contributed by atoms with Gasteiger partial charge in [0.25, 0.3) is 0 Å². The molecule has 0 aromatic heterocycles. The summed E-state index contributed by atoms with van der Waals surface area (Å²) in [4.78, 5) is 9.68. The van der Waals surface area contributed by atoms with Crippen molar-refractivity contribution < 1.29 is 70.4 Å². The molecule has 0 heterocycles. The average molecular weight is 259 g/mol. The minimum Gasteiger partial charge on any atom is -0.528 e. The summed E-state index contributed by atoms with van der Waals surface area (Å²) in [5.41, 5.74) is 0. The van der Waals surface area contributed by atoms with E-state index in [0.717, 1.165) is 0 Å². The quantitative estimate of drug-likeness (QED) is 0.202. The van der Waals surface area contributed by atoms with Crippen LogP contribution in [0.2, 0.25) is 0 Å². The molecule has 1 amide bonds.